The number of carbonyl (C=O) groups excluding carboxylic acids is 1. The van der Waals surface area contributed by atoms with Crippen LogP contribution < -0.4 is 15.6 Å². The zero-order valence-electron chi connectivity index (χ0n) is 8.88. The third kappa shape index (κ3) is 3.58. The fourth-order valence-electron chi connectivity index (χ4n) is 1.00. The van der Waals surface area contributed by atoms with E-state index in [0.29, 0.717) is 0 Å². The van der Waals surface area contributed by atoms with E-state index in [2.05, 4.69) is 0 Å². The number of amides is 1. The number of hydrogen-bond donors (Lipinski definition) is 2. The molecule has 0 bridgehead atoms. The minimum atomic E-state index is -3.82. The first-order valence-corrected chi connectivity index (χ1v) is 6.42. The van der Waals surface area contributed by atoms with Crippen molar-refractivity contribution in [1.82, 2.24) is 0 Å². The van der Waals surface area contributed by atoms with Gasteiger partial charge >= 0.3 is 0 Å². The van der Waals surface area contributed by atoms with E-state index in [1.807, 2.05) is 0 Å². The number of benzene rings is 1. The third-order valence-electron chi connectivity index (χ3n) is 1.94. The highest BCUT2D eigenvalue weighted by Crippen LogP contribution is 2.27. The monoisotopic (exact) mass is 278 g/mol. The highest BCUT2D eigenvalue weighted by Gasteiger charge is 2.15. The Kier molecular flexibility index (Phi) is 3.97. The van der Waals surface area contributed by atoms with Crippen molar-refractivity contribution in [3.63, 3.8) is 0 Å². The summed E-state index contributed by atoms with van der Waals surface area (Å²) in [7, 11) is -3.82. The van der Waals surface area contributed by atoms with Gasteiger partial charge in [-0.3, -0.25) is 4.79 Å². The minimum Gasteiger partial charge on any atom is -0.479 e. The maximum Gasteiger partial charge on any atom is 0.258 e. The van der Waals surface area contributed by atoms with Gasteiger partial charge in [-0.05, 0) is 25.1 Å². The molecule has 1 amide bonds. The Balaban J connectivity index is 3.03. The maximum absolute atomic E-state index is 11.0. The van der Waals surface area contributed by atoms with Gasteiger partial charge in [-0.1, -0.05) is 11.6 Å². The first-order valence-electron chi connectivity index (χ1n) is 4.50. The molecule has 6 nitrogen and oxygen atoms in total. The Hall–Kier alpha value is -1.31. The summed E-state index contributed by atoms with van der Waals surface area (Å²) in [6, 6.07) is 3.67. The molecule has 1 aromatic rings. The van der Waals surface area contributed by atoms with Crippen molar-refractivity contribution in [3.8, 4) is 5.75 Å². The number of primary sulfonamides is 1. The number of primary amides is 1. The van der Waals surface area contributed by atoms with Crippen LogP contribution in [-0.2, 0) is 14.8 Å². The average Bonchev–Trinajstić information content (AvgIpc) is 2.19. The highest BCUT2D eigenvalue weighted by molar-refractivity contribution is 7.89. The van der Waals surface area contributed by atoms with Crippen LogP contribution in [-0.4, -0.2) is 20.4 Å². The van der Waals surface area contributed by atoms with Crippen molar-refractivity contribution < 1.29 is 17.9 Å². The molecule has 0 spiro atoms. The lowest BCUT2D eigenvalue weighted by Gasteiger charge is -2.12. The molecule has 0 aromatic heterocycles. The highest BCUT2D eigenvalue weighted by atomic mass is 35.5. The van der Waals surface area contributed by atoms with E-state index < -0.39 is 22.0 Å². The Morgan fingerprint density at radius 2 is 2.06 bits per heavy atom. The van der Waals surface area contributed by atoms with E-state index >= 15 is 0 Å². The quantitative estimate of drug-likeness (QED) is 0.821. The number of ether oxygens (including phenoxy) is 1. The topological polar surface area (TPSA) is 112 Å². The fourth-order valence-corrected chi connectivity index (χ4v) is 1.83. The van der Waals surface area contributed by atoms with Crippen molar-refractivity contribution in [2.45, 2.75) is 17.9 Å². The molecule has 8 heteroatoms. The molecule has 0 aliphatic carbocycles. The average molecular weight is 279 g/mol. The van der Waals surface area contributed by atoms with Crippen LogP contribution in [0.4, 0.5) is 0 Å². The van der Waals surface area contributed by atoms with E-state index in [1.54, 1.807) is 0 Å². The standard InChI is InChI=1S/C9H11ClN2O4S/c1-5(9(11)13)16-8-3-2-6(4-7(8)10)17(12,14)15/h2-5H,1H3,(H2,11,13)(H2,12,14,15). The number of sulfonamides is 1. The van der Waals surface area contributed by atoms with Gasteiger partial charge < -0.3 is 10.5 Å². The molecule has 94 valence electrons. The molecule has 0 heterocycles. The van der Waals surface area contributed by atoms with Gasteiger partial charge in [0.2, 0.25) is 10.0 Å². The summed E-state index contributed by atoms with van der Waals surface area (Å²) in [5.41, 5.74) is 5.01. The summed E-state index contributed by atoms with van der Waals surface area (Å²) in [6.07, 6.45) is -0.868. The van der Waals surface area contributed by atoms with Gasteiger partial charge in [0.05, 0.1) is 9.92 Å². The molecular formula is C9H11ClN2O4S. The molecule has 1 atom stereocenters. The molecule has 17 heavy (non-hydrogen) atoms. The fraction of sp³-hybridized carbons (Fsp3) is 0.222. The zero-order valence-corrected chi connectivity index (χ0v) is 10.5. The SMILES string of the molecule is CC(Oc1ccc(S(N)(=O)=O)cc1Cl)C(N)=O. The lowest BCUT2D eigenvalue weighted by Crippen LogP contribution is -2.30. The van der Waals surface area contributed by atoms with Crippen LogP contribution in [0.1, 0.15) is 6.92 Å². The predicted molar refractivity (Wildman–Crippen MR) is 62.1 cm³/mol. The molecule has 1 unspecified atom stereocenters. The van der Waals surface area contributed by atoms with Crippen molar-refractivity contribution in [1.29, 1.82) is 0 Å². The molecule has 0 aliphatic heterocycles. The van der Waals surface area contributed by atoms with Gasteiger partial charge in [-0.2, -0.15) is 0 Å². The van der Waals surface area contributed by atoms with E-state index in [4.69, 9.17) is 27.2 Å². The first kappa shape index (κ1) is 13.8. The molecule has 1 rings (SSSR count). The normalized spacial score (nSPS) is 13.1. The van der Waals surface area contributed by atoms with Gasteiger partial charge in [-0.15, -0.1) is 0 Å². The van der Waals surface area contributed by atoms with Crippen LogP contribution >= 0.6 is 11.6 Å². The summed E-state index contributed by atoms with van der Waals surface area (Å²) in [5, 5.41) is 4.96. The number of hydrogen-bond acceptors (Lipinski definition) is 4. The molecule has 0 saturated heterocycles. The maximum atomic E-state index is 11.0. The Bertz CT molecular complexity index is 544. The summed E-state index contributed by atoms with van der Waals surface area (Å²) in [5.74, 6) is -0.498. The third-order valence-corrected chi connectivity index (χ3v) is 3.14. The van der Waals surface area contributed by atoms with Crippen molar-refractivity contribution in [3.05, 3.63) is 23.2 Å². The van der Waals surface area contributed by atoms with Gasteiger partial charge in [-0.25, -0.2) is 13.6 Å². The summed E-state index contributed by atoms with van der Waals surface area (Å²) in [4.78, 5) is 10.6. The van der Waals surface area contributed by atoms with Crippen molar-refractivity contribution in [2.75, 3.05) is 0 Å². The molecular weight excluding hydrogens is 268 g/mol. The number of halogens is 1. The van der Waals surface area contributed by atoms with Gasteiger partial charge in [0.15, 0.2) is 6.10 Å². The van der Waals surface area contributed by atoms with Crippen LogP contribution in [0.25, 0.3) is 0 Å². The Morgan fingerprint density at radius 1 is 1.47 bits per heavy atom. The second-order valence-electron chi connectivity index (χ2n) is 3.30. The largest absolute Gasteiger partial charge is 0.479 e. The van der Waals surface area contributed by atoms with E-state index in [0.717, 1.165) is 6.07 Å². The molecule has 0 aliphatic rings. The second kappa shape index (κ2) is 4.91. The Labute approximate surface area is 104 Å². The lowest BCUT2D eigenvalue weighted by molar-refractivity contribution is -0.123. The lowest BCUT2D eigenvalue weighted by atomic mass is 10.3. The zero-order chi connectivity index (χ0) is 13.2. The predicted octanol–water partition coefficient (Wildman–Crippen LogP) is 0.240. The molecule has 0 saturated carbocycles. The molecule has 1 aromatic carbocycles. The van der Waals surface area contributed by atoms with Gasteiger partial charge in [0.25, 0.3) is 5.91 Å². The van der Waals surface area contributed by atoms with Crippen LogP contribution in [0.5, 0.6) is 5.75 Å². The first-order chi connectivity index (χ1) is 7.71. The van der Waals surface area contributed by atoms with Crippen LogP contribution in [0.2, 0.25) is 5.02 Å². The second-order valence-corrected chi connectivity index (χ2v) is 5.27. The summed E-state index contributed by atoms with van der Waals surface area (Å²) in [6.45, 7) is 1.45. The van der Waals surface area contributed by atoms with E-state index in [9.17, 15) is 13.2 Å². The van der Waals surface area contributed by atoms with Crippen molar-refractivity contribution >= 4 is 27.5 Å². The van der Waals surface area contributed by atoms with Crippen LogP contribution in [0.3, 0.4) is 0 Å². The van der Waals surface area contributed by atoms with Gasteiger partial charge in [0, 0.05) is 0 Å². The molecule has 0 radical (unpaired) electrons. The number of nitrogens with two attached hydrogens (primary N) is 2. The minimum absolute atomic E-state index is 0.0321. The Morgan fingerprint density at radius 3 is 2.47 bits per heavy atom. The molecule has 4 N–H and O–H groups in total. The van der Waals surface area contributed by atoms with Crippen LogP contribution in [0.15, 0.2) is 23.1 Å². The smallest absolute Gasteiger partial charge is 0.258 e. The van der Waals surface area contributed by atoms with E-state index in [1.165, 1.54) is 19.1 Å². The summed E-state index contributed by atoms with van der Waals surface area (Å²) >= 11 is 5.79. The van der Waals surface area contributed by atoms with Crippen LogP contribution in [0, 0.1) is 0 Å². The van der Waals surface area contributed by atoms with E-state index in [-0.39, 0.29) is 15.7 Å². The molecule has 0 fully saturated rings. The summed E-state index contributed by atoms with van der Waals surface area (Å²) < 4.78 is 27.2. The van der Waals surface area contributed by atoms with Gasteiger partial charge in [0.1, 0.15) is 5.75 Å². The number of rotatable bonds is 4. The van der Waals surface area contributed by atoms with Crippen molar-refractivity contribution in [2.24, 2.45) is 10.9 Å². The number of carbonyl (C=O) groups is 1.